The number of hydrogen-bond donors (Lipinski definition) is 2. The first kappa shape index (κ1) is 15.4. The van der Waals surface area contributed by atoms with Crippen LogP contribution in [-0.2, 0) is 4.79 Å². The van der Waals surface area contributed by atoms with Gasteiger partial charge in [-0.1, -0.05) is 6.92 Å². The standard InChI is InChI=1S/C12H27N3O/c1-6-10(2)15(5)8-7-14-11(16)9-12(3,4)13/h10H,6-9,13H2,1-5H3,(H,14,16). The van der Waals surface area contributed by atoms with Crippen LogP contribution in [0.2, 0.25) is 0 Å². The average molecular weight is 229 g/mol. The summed E-state index contributed by atoms with van der Waals surface area (Å²) in [7, 11) is 2.08. The number of rotatable bonds is 7. The molecule has 4 nitrogen and oxygen atoms in total. The summed E-state index contributed by atoms with van der Waals surface area (Å²) in [5, 5.41) is 2.89. The molecule has 0 saturated carbocycles. The van der Waals surface area contributed by atoms with E-state index in [1.807, 2.05) is 13.8 Å². The van der Waals surface area contributed by atoms with Gasteiger partial charge in [0, 0.05) is 31.1 Å². The summed E-state index contributed by atoms with van der Waals surface area (Å²) >= 11 is 0. The van der Waals surface area contributed by atoms with Gasteiger partial charge in [-0.3, -0.25) is 4.79 Å². The minimum atomic E-state index is -0.424. The first-order chi connectivity index (χ1) is 7.26. The van der Waals surface area contributed by atoms with Gasteiger partial charge in [-0.2, -0.15) is 0 Å². The van der Waals surface area contributed by atoms with E-state index in [0.717, 1.165) is 13.0 Å². The van der Waals surface area contributed by atoms with Crippen molar-refractivity contribution < 1.29 is 4.79 Å². The van der Waals surface area contributed by atoms with E-state index >= 15 is 0 Å². The van der Waals surface area contributed by atoms with E-state index in [-0.39, 0.29) is 5.91 Å². The number of carbonyl (C=O) groups is 1. The summed E-state index contributed by atoms with van der Waals surface area (Å²) in [5.74, 6) is 0.0325. The number of nitrogens with two attached hydrogens (primary N) is 1. The highest BCUT2D eigenvalue weighted by Crippen LogP contribution is 2.02. The minimum Gasteiger partial charge on any atom is -0.355 e. The van der Waals surface area contributed by atoms with E-state index in [1.165, 1.54) is 0 Å². The van der Waals surface area contributed by atoms with Crippen molar-refractivity contribution in [3.8, 4) is 0 Å². The zero-order chi connectivity index (χ0) is 12.8. The Bertz CT molecular complexity index is 211. The number of nitrogens with one attached hydrogen (secondary N) is 1. The summed E-state index contributed by atoms with van der Waals surface area (Å²) in [6.45, 7) is 9.64. The monoisotopic (exact) mass is 229 g/mol. The lowest BCUT2D eigenvalue weighted by Crippen LogP contribution is -2.42. The fourth-order valence-electron chi connectivity index (χ4n) is 1.38. The minimum absolute atomic E-state index is 0.0325. The SMILES string of the molecule is CCC(C)N(C)CCNC(=O)CC(C)(C)N. The second-order valence-corrected chi connectivity index (χ2v) is 5.25. The third-order valence-electron chi connectivity index (χ3n) is 2.75. The highest BCUT2D eigenvalue weighted by atomic mass is 16.1. The summed E-state index contributed by atoms with van der Waals surface area (Å²) in [6.07, 6.45) is 1.50. The number of likely N-dealkylation sites (N-methyl/N-ethyl adjacent to an activating group) is 1. The average Bonchev–Trinajstić information content (AvgIpc) is 2.13. The predicted octanol–water partition coefficient (Wildman–Crippen LogP) is 0.960. The molecule has 1 amide bonds. The summed E-state index contributed by atoms with van der Waals surface area (Å²) in [6, 6.07) is 0.558. The molecule has 0 rings (SSSR count). The van der Waals surface area contributed by atoms with Crippen LogP contribution >= 0.6 is 0 Å². The molecular formula is C12H27N3O. The van der Waals surface area contributed by atoms with Crippen LogP contribution in [0.1, 0.15) is 40.5 Å². The molecule has 0 bridgehead atoms. The largest absolute Gasteiger partial charge is 0.355 e. The zero-order valence-corrected chi connectivity index (χ0v) is 11.3. The summed E-state index contributed by atoms with van der Waals surface area (Å²) in [5.41, 5.74) is 5.34. The molecule has 0 aromatic heterocycles. The number of carbonyl (C=O) groups excluding carboxylic acids is 1. The van der Waals surface area contributed by atoms with Crippen molar-refractivity contribution in [3.05, 3.63) is 0 Å². The second kappa shape index (κ2) is 6.86. The fraction of sp³-hybridized carbons (Fsp3) is 0.917. The van der Waals surface area contributed by atoms with Gasteiger partial charge in [0.15, 0.2) is 0 Å². The molecule has 0 aliphatic rings. The Morgan fingerprint density at radius 3 is 2.50 bits per heavy atom. The van der Waals surface area contributed by atoms with Gasteiger partial charge in [0.05, 0.1) is 0 Å². The van der Waals surface area contributed by atoms with Crippen LogP contribution in [0.5, 0.6) is 0 Å². The Hall–Kier alpha value is -0.610. The van der Waals surface area contributed by atoms with Gasteiger partial charge in [0.2, 0.25) is 5.91 Å². The predicted molar refractivity (Wildman–Crippen MR) is 68.3 cm³/mol. The topological polar surface area (TPSA) is 58.4 Å². The highest BCUT2D eigenvalue weighted by Gasteiger charge is 2.16. The van der Waals surface area contributed by atoms with Crippen LogP contribution < -0.4 is 11.1 Å². The first-order valence-electron chi connectivity index (χ1n) is 6.02. The Labute approximate surface area is 99.6 Å². The van der Waals surface area contributed by atoms with Gasteiger partial charge < -0.3 is 16.0 Å². The van der Waals surface area contributed by atoms with Crippen molar-refractivity contribution in [1.82, 2.24) is 10.2 Å². The quantitative estimate of drug-likeness (QED) is 0.683. The van der Waals surface area contributed by atoms with Crippen LogP contribution in [-0.4, -0.2) is 42.5 Å². The normalized spacial score (nSPS) is 13.9. The lowest BCUT2D eigenvalue weighted by Gasteiger charge is -2.24. The van der Waals surface area contributed by atoms with Gasteiger partial charge >= 0.3 is 0 Å². The molecule has 0 aliphatic heterocycles. The first-order valence-corrected chi connectivity index (χ1v) is 6.02. The number of amides is 1. The van der Waals surface area contributed by atoms with E-state index in [4.69, 9.17) is 5.73 Å². The van der Waals surface area contributed by atoms with E-state index < -0.39 is 5.54 Å². The summed E-state index contributed by atoms with van der Waals surface area (Å²) < 4.78 is 0. The van der Waals surface area contributed by atoms with Gasteiger partial charge in [-0.15, -0.1) is 0 Å². The molecule has 16 heavy (non-hydrogen) atoms. The molecule has 0 aliphatic carbocycles. The molecule has 0 fully saturated rings. The molecular weight excluding hydrogens is 202 g/mol. The maximum Gasteiger partial charge on any atom is 0.221 e. The highest BCUT2D eigenvalue weighted by molar-refractivity contribution is 5.77. The Morgan fingerprint density at radius 2 is 2.06 bits per heavy atom. The lowest BCUT2D eigenvalue weighted by molar-refractivity contribution is -0.122. The van der Waals surface area contributed by atoms with Crippen molar-refractivity contribution in [2.75, 3.05) is 20.1 Å². The molecule has 0 aromatic rings. The maximum absolute atomic E-state index is 11.5. The Balaban J connectivity index is 3.70. The molecule has 4 heteroatoms. The molecule has 96 valence electrons. The number of hydrogen-bond acceptors (Lipinski definition) is 3. The van der Waals surface area contributed by atoms with E-state index in [2.05, 4.69) is 31.1 Å². The van der Waals surface area contributed by atoms with Crippen molar-refractivity contribution in [2.24, 2.45) is 5.73 Å². The Kier molecular flexibility index (Phi) is 6.60. The Morgan fingerprint density at radius 1 is 1.50 bits per heavy atom. The second-order valence-electron chi connectivity index (χ2n) is 5.25. The molecule has 0 spiro atoms. The third kappa shape index (κ3) is 7.65. The van der Waals surface area contributed by atoms with Gasteiger partial charge in [-0.25, -0.2) is 0 Å². The van der Waals surface area contributed by atoms with Crippen LogP contribution in [0.25, 0.3) is 0 Å². The zero-order valence-electron chi connectivity index (χ0n) is 11.3. The van der Waals surface area contributed by atoms with Crippen LogP contribution in [0.4, 0.5) is 0 Å². The molecule has 0 heterocycles. The fourth-order valence-corrected chi connectivity index (χ4v) is 1.38. The molecule has 0 aromatic carbocycles. The molecule has 0 radical (unpaired) electrons. The van der Waals surface area contributed by atoms with Crippen molar-refractivity contribution in [3.63, 3.8) is 0 Å². The third-order valence-corrected chi connectivity index (χ3v) is 2.75. The molecule has 1 atom stereocenters. The van der Waals surface area contributed by atoms with Gasteiger partial charge in [-0.05, 0) is 34.2 Å². The van der Waals surface area contributed by atoms with Crippen LogP contribution in [0.15, 0.2) is 0 Å². The lowest BCUT2D eigenvalue weighted by atomic mass is 10.0. The number of nitrogens with zero attached hydrogens (tertiary/aromatic N) is 1. The van der Waals surface area contributed by atoms with Crippen LogP contribution in [0, 0.1) is 0 Å². The van der Waals surface area contributed by atoms with Crippen molar-refractivity contribution >= 4 is 5.91 Å². The summed E-state index contributed by atoms with van der Waals surface area (Å²) in [4.78, 5) is 13.7. The smallest absolute Gasteiger partial charge is 0.221 e. The van der Waals surface area contributed by atoms with E-state index in [1.54, 1.807) is 0 Å². The van der Waals surface area contributed by atoms with Crippen molar-refractivity contribution in [1.29, 1.82) is 0 Å². The van der Waals surface area contributed by atoms with E-state index in [9.17, 15) is 4.79 Å². The maximum atomic E-state index is 11.5. The van der Waals surface area contributed by atoms with Crippen LogP contribution in [0.3, 0.4) is 0 Å². The molecule has 3 N–H and O–H groups in total. The van der Waals surface area contributed by atoms with Crippen molar-refractivity contribution in [2.45, 2.75) is 52.1 Å². The van der Waals surface area contributed by atoms with Gasteiger partial charge in [0.25, 0.3) is 0 Å². The molecule has 0 saturated heterocycles. The van der Waals surface area contributed by atoms with E-state index in [0.29, 0.717) is 19.0 Å². The van der Waals surface area contributed by atoms with Gasteiger partial charge in [0.1, 0.15) is 0 Å². The molecule has 1 unspecified atom stereocenters.